The van der Waals surface area contributed by atoms with Gasteiger partial charge in [-0.05, 0) is 37.3 Å². The van der Waals surface area contributed by atoms with E-state index in [4.69, 9.17) is 9.84 Å². The van der Waals surface area contributed by atoms with Crippen molar-refractivity contribution < 1.29 is 14.6 Å². The van der Waals surface area contributed by atoms with Gasteiger partial charge in [0.05, 0.1) is 17.0 Å². The van der Waals surface area contributed by atoms with Gasteiger partial charge in [-0.2, -0.15) is 0 Å². The zero-order chi connectivity index (χ0) is 15.1. The highest BCUT2D eigenvalue weighted by Crippen LogP contribution is 2.18. The number of rotatable bonds is 4. The van der Waals surface area contributed by atoms with Gasteiger partial charge in [-0.1, -0.05) is 11.8 Å². The molecule has 4 nitrogen and oxygen atoms in total. The fraction of sp³-hybridized carbons (Fsp3) is 0.188. The predicted octanol–water partition coefficient (Wildman–Crippen LogP) is 2.74. The van der Waals surface area contributed by atoms with Gasteiger partial charge in [0.25, 0.3) is 5.91 Å². The van der Waals surface area contributed by atoms with E-state index < -0.39 is 0 Å². The van der Waals surface area contributed by atoms with Crippen LogP contribution in [0.25, 0.3) is 0 Å². The highest BCUT2D eigenvalue weighted by atomic mass is 32.1. The quantitative estimate of drug-likeness (QED) is 0.854. The van der Waals surface area contributed by atoms with Crippen LogP contribution in [0.5, 0.6) is 5.75 Å². The smallest absolute Gasteiger partial charge is 0.256 e. The summed E-state index contributed by atoms with van der Waals surface area (Å²) in [5.41, 5.74) is 1.26. The minimum absolute atomic E-state index is 0.188. The molecule has 0 spiro atoms. The Morgan fingerprint density at radius 2 is 2.14 bits per heavy atom. The maximum Gasteiger partial charge on any atom is 0.256 e. The third-order valence-corrected chi connectivity index (χ3v) is 3.42. The minimum atomic E-state index is -0.189. The van der Waals surface area contributed by atoms with Gasteiger partial charge in [-0.3, -0.25) is 4.79 Å². The van der Waals surface area contributed by atoms with Crippen LogP contribution in [-0.2, 0) is 0 Å². The first-order valence-electron chi connectivity index (χ1n) is 6.45. The fourth-order valence-corrected chi connectivity index (χ4v) is 2.41. The van der Waals surface area contributed by atoms with E-state index in [9.17, 15) is 4.79 Å². The first-order valence-corrected chi connectivity index (χ1v) is 7.33. The van der Waals surface area contributed by atoms with Crippen LogP contribution < -0.4 is 10.1 Å². The number of carbonyl (C=O) groups is 1. The lowest BCUT2D eigenvalue weighted by Gasteiger charge is -2.06. The number of aliphatic hydroxyl groups excluding tert-OH is 1. The Balaban J connectivity index is 2.02. The van der Waals surface area contributed by atoms with Gasteiger partial charge in [0, 0.05) is 11.1 Å². The van der Waals surface area contributed by atoms with Gasteiger partial charge < -0.3 is 15.2 Å². The molecule has 0 aliphatic heterocycles. The van der Waals surface area contributed by atoms with Crippen molar-refractivity contribution in [2.75, 3.05) is 18.5 Å². The minimum Gasteiger partial charge on any atom is -0.494 e. The first kappa shape index (κ1) is 15.1. The van der Waals surface area contributed by atoms with Gasteiger partial charge in [0.15, 0.2) is 0 Å². The van der Waals surface area contributed by atoms with E-state index in [-0.39, 0.29) is 12.5 Å². The van der Waals surface area contributed by atoms with Crippen molar-refractivity contribution in [3.05, 3.63) is 46.2 Å². The average Bonchev–Trinajstić information content (AvgIpc) is 2.96. The van der Waals surface area contributed by atoms with Crippen molar-refractivity contribution in [1.29, 1.82) is 0 Å². The molecule has 0 fully saturated rings. The number of carbonyl (C=O) groups excluding carboxylic acids is 1. The molecule has 2 N–H and O–H groups in total. The summed E-state index contributed by atoms with van der Waals surface area (Å²) < 4.78 is 5.34. The lowest BCUT2D eigenvalue weighted by molar-refractivity contribution is 0.102. The Morgan fingerprint density at radius 1 is 1.38 bits per heavy atom. The number of ether oxygens (including phenoxy) is 1. The van der Waals surface area contributed by atoms with Crippen LogP contribution >= 0.6 is 11.3 Å². The average molecular weight is 301 g/mol. The fourth-order valence-electron chi connectivity index (χ4n) is 1.65. The second-order valence-electron chi connectivity index (χ2n) is 4.07. The molecule has 1 aromatic heterocycles. The topological polar surface area (TPSA) is 58.6 Å². The van der Waals surface area contributed by atoms with E-state index in [1.807, 2.05) is 19.1 Å². The van der Waals surface area contributed by atoms with E-state index >= 15 is 0 Å². The molecule has 0 saturated carbocycles. The van der Waals surface area contributed by atoms with E-state index in [1.54, 1.807) is 23.6 Å². The molecule has 21 heavy (non-hydrogen) atoms. The van der Waals surface area contributed by atoms with Crippen molar-refractivity contribution in [2.24, 2.45) is 0 Å². The number of hydrogen-bond acceptors (Lipinski definition) is 4. The van der Waals surface area contributed by atoms with E-state index in [1.165, 1.54) is 11.3 Å². The summed E-state index contributed by atoms with van der Waals surface area (Å²) in [6, 6.07) is 8.91. The van der Waals surface area contributed by atoms with Gasteiger partial charge in [-0.15, -0.1) is 11.3 Å². The van der Waals surface area contributed by atoms with Crippen LogP contribution in [-0.4, -0.2) is 24.2 Å². The number of nitrogens with one attached hydrogen (secondary N) is 1. The number of hydrogen-bond donors (Lipinski definition) is 2. The Kier molecular flexibility index (Phi) is 5.38. The van der Waals surface area contributed by atoms with Crippen LogP contribution in [0.15, 0.2) is 35.7 Å². The molecule has 0 bridgehead atoms. The Labute approximate surface area is 127 Å². The van der Waals surface area contributed by atoms with Crippen molar-refractivity contribution in [1.82, 2.24) is 0 Å². The number of benzene rings is 1. The normalized spacial score (nSPS) is 9.62. The number of aliphatic hydroxyl groups is 1. The summed E-state index contributed by atoms with van der Waals surface area (Å²) in [6.07, 6.45) is 0. The summed E-state index contributed by atoms with van der Waals surface area (Å²) >= 11 is 1.37. The van der Waals surface area contributed by atoms with E-state index in [0.717, 1.165) is 10.6 Å². The summed E-state index contributed by atoms with van der Waals surface area (Å²) in [4.78, 5) is 12.8. The largest absolute Gasteiger partial charge is 0.494 e. The lowest BCUT2D eigenvalue weighted by Crippen LogP contribution is -2.10. The zero-order valence-corrected chi connectivity index (χ0v) is 12.4. The molecule has 2 rings (SSSR count). The summed E-state index contributed by atoms with van der Waals surface area (Å²) in [6.45, 7) is 2.34. The van der Waals surface area contributed by atoms with E-state index in [2.05, 4.69) is 17.2 Å². The summed E-state index contributed by atoms with van der Waals surface area (Å²) in [5.74, 6) is 5.92. The van der Waals surface area contributed by atoms with Crippen molar-refractivity contribution >= 4 is 22.9 Å². The molecule has 108 valence electrons. The molecule has 0 unspecified atom stereocenters. The first-order chi connectivity index (χ1) is 10.2. The predicted molar refractivity (Wildman–Crippen MR) is 83.8 cm³/mol. The lowest BCUT2D eigenvalue weighted by atomic mass is 10.2. The highest BCUT2D eigenvalue weighted by molar-refractivity contribution is 7.10. The summed E-state index contributed by atoms with van der Waals surface area (Å²) in [5, 5.41) is 13.2. The SMILES string of the molecule is CCOc1ccc(NC(=O)c2csc(C#CCO)c2)cc1. The van der Waals surface area contributed by atoms with Crippen LogP contribution in [0, 0.1) is 11.8 Å². The molecule has 1 aromatic carbocycles. The number of amides is 1. The second kappa shape index (κ2) is 7.48. The molecule has 0 aliphatic carbocycles. The van der Waals surface area contributed by atoms with Crippen LogP contribution in [0.2, 0.25) is 0 Å². The Hall–Kier alpha value is -2.29. The van der Waals surface area contributed by atoms with Crippen molar-refractivity contribution in [3.63, 3.8) is 0 Å². The van der Waals surface area contributed by atoms with E-state index in [0.29, 0.717) is 17.9 Å². The Bertz CT molecular complexity index is 665. The van der Waals surface area contributed by atoms with Gasteiger partial charge in [0.2, 0.25) is 0 Å². The molecule has 0 radical (unpaired) electrons. The summed E-state index contributed by atoms with van der Waals surface area (Å²) in [7, 11) is 0. The van der Waals surface area contributed by atoms with Crippen molar-refractivity contribution in [3.8, 4) is 17.6 Å². The molecular weight excluding hydrogens is 286 g/mol. The second-order valence-corrected chi connectivity index (χ2v) is 4.98. The molecular formula is C16H15NO3S. The third kappa shape index (κ3) is 4.35. The number of thiophene rings is 1. The van der Waals surface area contributed by atoms with Crippen LogP contribution in [0.1, 0.15) is 22.2 Å². The molecule has 0 saturated heterocycles. The van der Waals surface area contributed by atoms with Gasteiger partial charge in [-0.25, -0.2) is 0 Å². The maximum absolute atomic E-state index is 12.1. The molecule has 0 aliphatic rings. The zero-order valence-electron chi connectivity index (χ0n) is 11.6. The van der Waals surface area contributed by atoms with Crippen LogP contribution in [0.3, 0.4) is 0 Å². The van der Waals surface area contributed by atoms with Crippen molar-refractivity contribution in [2.45, 2.75) is 6.92 Å². The highest BCUT2D eigenvalue weighted by Gasteiger charge is 2.08. The molecule has 1 amide bonds. The molecule has 0 atom stereocenters. The Morgan fingerprint density at radius 3 is 2.81 bits per heavy atom. The monoisotopic (exact) mass is 301 g/mol. The third-order valence-electron chi connectivity index (χ3n) is 2.58. The van der Waals surface area contributed by atoms with Gasteiger partial charge >= 0.3 is 0 Å². The maximum atomic E-state index is 12.1. The number of anilines is 1. The molecule has 5 heteroatoms. The standard InChI is InChI=1S/C16H15NO3S/c1-2-20-14-7-5-13(6-8-14)17-16(19)12-10-15(21-11-12)4-3-9-18/h5-8,10-11,18H,2,9H2,1H3,(H,17,19). The van der Waals surface area contributed by atoms with Gasteiger partial charge in [0.1, 0.15) is 12.4 Å². The molecule has 1 heterocycles. The van der Waals surface area contributed by atoms with Crippen LogP contribution in [0.4, 0.5) is 5.69 Å². The molecule has 2 aromatic rings.